The minimum absolute atomic E-state index is 0.0492. The Morgan fingerprint density at radius 1 is 1.03 bits per heavy atom. The number of anilines is 1. The summed E-state index contributed by atoms with van der Waals surface area (Å²) in [6, 6.07) is 8.55. The second-order valence-electron chi connectivity index (χ2n) is 7.17. The highest BCUT2D eigenvalue weighted by Crippen LogP contribution is 2.33. The number of halogens is 5. The molecule has 0 heterocycles. The quantitative estimate of drug-likeness (QED) is 0.544. The molecule has 2 aromatic rings. The molecule has 2 aromatic carbocycles. The maximum absolute atomic E-state index is 13.1. The fourth-order valence-corrected chi connectivity index (χ4v) is 4.02. The van der Waals surface area contributed by atoms with Gasteiger partial charge < -0.3 is 10.6 Å². The molecule has 1 aliphatic rings. The summed E-state index contributed by atoms with van der Waals surface area (Å²) in [4.78, 5) is 13.0. The number of carbonyl (C=O) groups excluding carboxylic acids is 1. The van der Waals surface area contributed by atoms with E-state index in [1.165, 1.54) is 18.2 Å². The van der Waals surface area contributed by atoms with Crippen molar-refractivity contribution in [3.8, 4) is 0 Å². The molecule has 1 saturated carbocycles. The lowest BCUT2D eigenvalue weighted by Gasteiger charge is -2.27. The predicted octanol–water partition coefficient (Wildman–Crippen LogP) is 6.61. The van der Waals surface area contributed by atoms with Crippen LogP contribution in [0.4, 0.5) is 18.9 Å². The van der Waals surface area contributed by atoms with Gasteiger partial charge in [0.05, 0.1) is 5.56 Å². The van der Waals surface area contributed by atoms with Crippen molar-refractivity contribution in [3.63, 3.8) is 0 Å². The molecule has 0 saturated heterocycles. The Morgan fingerprint density at radius 2 is 1.76 bits per heavy atom. The van der Waals surface area contributed by atoms with Gasteiger partial charge in [-0.3, -0.25) is 4.79 Å². The molecular formula is C21H21Cl2F3N2O. The Balaban J connectivity index is 1.89. The van der Waals surface area contributed by atoms with E-state index in [9.17, 15) is 18.0 Å². The maximum Gasteiger partial charge on any atom is 0.416 e. The maximum atomic E-state index is 13.1. The Hall–Kier alpha value is -1.92. The zero-order valence-corrected chi connectivity index (χ0v) is 17.0. The predicted molar refractivity (Wildman–Crippen MR) is 109 cm³/mol. The summed E-state index contributed by atoms with van der Waals surface area (Å²) in [6.45, 7) is 0. The fourth-order valence-electron chi connectivity index (χ4n) is 3.50. The van der Waals surface area contributed by atoms with Crippen LogP contribution in [0, 0.1) is 0 Å². The summed E-state index contributed by atoms with van der Waals surface area (Å²) in [5.41, 5.74) is -0.174. The van der Waals surface area contributed by atoms with Crippen molar-refractivity contribution in [3.05, 3.63) is 63.6 Å². The van der Waals surface area contributed by atoms with Crippen LogP contribution in [0.25, 0.3) is 0 Å². The van der Waals surface area contributed by atoms with Crippen molar-refractivity contribution in [2.45, 2.75) is 50.4 Å². The molecule has 0 aromatic heterocycles. The van der Waals surface area contributed by atoms with Crippen LogP contribution in [0.1, 0.15) is 49.3 Å². The number of alkyl halides is 3. The first kappa shape index (κ1) is 21.8. The molecule has 0 bridgehead atoms. The van der Waals surface area contributed by atoms with Gasteiger partial charge in [0.1, 0.15) is 6.04 Å². The second-order valence-corrected chi connectivity index (χ2v) is 8.01. The highest BCUT2D eigenvalue weighted by Gasteiger charge is 2.31. The van der Waals surface area contributed by atoms with E-state index in [4.69, 9.17) is 23.2 Å². The number of rotatable bonds is 5. The summed E-state index contributed by atoms with van der Waals surface area (Å²) in [5, 5.41) is 6.60. The van der Waals surface area contributed by atoms with E-state index >= 15 is 0 Å². The summed E-state index contributed by atoms with van der Waals surface area (Å²) in [6.07, 6.45) is 0.514. The number of benzene rings is 2. The van der Waals surface area contributed by atoms with Crippen LogP contribution in [0.5, 0.6) is 0 Å². The monoisotopic (exact) mass is 444 g/mol. The van der Waals surface area contributed by atoms with Crippen LogP contribution in [-0.4, -0.2) is 11.9 Å². The normalized spacial score (nSPS) is 16.3. The summed E-state index contributed by atoms with van der Waals surface area (Å²) in [7, 11) is 0. The smallest absolute Gasteiger partial charge is 0.370 e. The van der Waals surface area contributed by atoms with Crippen molar-refractivity contribution in [1.29, 1.82) is 0 Å². The number of hydrogen-bond acceptors (Lipinski definition) is 2. The first-order valence-corrected chi connectivity index (χ1v) is 10.2. The van der Waals surface area contributed by atoms with Gasteiger partial charge in [-0.05, 0) is 43.2 Å². The molecule has 0 radical (unpaired) electrons. The fraction of sp³-hybridized carbons (Fsp3) is 0.381. The van der Waals surface area contributed by atoms with Gasteiger partial charge in [-0.25, -0.2) is 0 Å². The van der Waals surface area contributed by atoms with Gasteiger partial charge in [0.15, 0.2) is 0 Å². The largest absolute Gasteiger partial charge is 0.416 e. The number of nitrogens with one attached hydrogen (secondary N) is 2. The van der Waals surface area contributed by atoms with Crippen LogP contribution in [0.2, 0.25) is 10.0 Å². The average Bonchev–Trinajstić information content (AvgIpc) is 2.67. The standard InChI is InChI=1S/C21H21Cl2F3N2O/c22-14-9-10-17(18(23)12-14)19(20(29)28-15-6-2-1-3-7-15)27-16-8-4-5-13(11-16)21(24,25)26/h4-5,8-12,15,19,27H,1-3,6-7H2,(H,28,29). The molecule has 1 amide bonds. The van der Waals surface area contributed by atoms with Gasteiger partial charge in [0.25, 0.3) is 0 Å². The minimum Gasteiger partial charge on any atom is -0.370 e. The van der Waals surface area contributed by atoms with Crippen molar-refractivity contribution in [2.75, 3.05) is 5.32 Å². The van der Waals surface area contributed by atoms with Crippen molar-refractivity contribution < 1.29 is 18.0 Å². The lowest BCUT2D eigenvalue weighted by Crippen LogP contribution is -2.41. The molecular weight excluding hydrogens is 424 g/mol. The van der Waals surface area contributed by atoms with Crippen LogP contribution >= 0.6 is 23.2 Å². The highest BCUT2D eigenvalue weighted by molar-refractivity contribution is 6.35. The van der Waals surface area contributed by atoms with Crippen LogP contribution in [-0.2, 0) is 11.0 Å². The van der Waals surface area contributed by atoms with E-state index in [-0.39, 0.29) is 22.7 Å². The van der Waals surface area contributed by atoms with Crippen molar-refractivity contribution in [1.82, 2.24) is 5.32 Å². The zero-order valence-electron chi connectivity index (χ0n) is 15.5. The van der Waals surface area contributed by atoms with Gasteiger partial charge in [0, 0.05) is 27.3 Å². The first-order chi connectivity index (χ1) is 13.7. The Bertz CT molecular complexity index is 867. The zero-order chi connectivity index (χ0) is 21.0. The molecule has 156 valence electrons. The number of amides is 1. The first-order valence-electron chi connectivity index (χ1n) is 9.43. The SMILES string of the molecule is O=C(NC1CCCCC1)C(Nc1cccc(C(F)(F)F)c1)c1ccc(Cl)cc1Cl. The third-order valence-electron chi connectivity index (χ3n) is 4.99. The molecule has 1 fully saturated rings. The van der Waals surface area contributed by atoms with Crippen LogP contribution in [0.15, 0.2) is 42.5 Å². The van der Waals surface area contributed by atoms with Gasteiger partial charge in [0.2, 0.25) is 5.91 Å². The lowest BCUT2D eigenvalue weighted by molar-refractivity contribution is -0.137. The molecule has 0 aliphatic heterocycles. The summed E-state index contributed by atoms with van der Waals surface area (Å²) >= 11 is 12.3. The van der Waals surface area contributed by atoms with E-state index in [1.54, 1.807) is 12.1 Å². The lowest BCUT2D eigenvalue weighted by atomic mass is 9.95. The van der Waals surface area contributed by atoms with E-state index in [2.05, 4.69) is 10.6 Å². The molecule has 1 aliphatic carbocycles. The molecule has 2 N–H and O–H groups in total. The molecule has 3 rings (SSSR count). The molecule has 1 unspecified atom stereocenters. The van der Waals surface area contributed by atoms with E-state index in [0.29, 0.717) is 10.6 Å². The van der Waals surface area contributed by atoms with Gasteiger partial charge in [-0.2, -0.15) is 13.2 Å². The summed E-state index contributed by atoms with van der Waals surface area (Å²) in [5.74, 6) is -0.335. The minimum atomic E-state index is -4.48. The van der Waals surface area contributed by atoms with Crippen LogP contribution in [0.3, 0.4) is 0 Å². The number of carbonyl (C=O) groups is 1. The molecule has 3 nitrogen and oxygen atoms in total. The molecule has 8 heteroatoms. The molecule has 0 spiro atoms. The van der Waals surface area contributed by atoms with Crippen molar-refractivity contribution in [2.24, 2.45) is 0 Å². The Kier molecular flexibility index (Phi) is 6.96. The third kappa shape index (κ3) is 5.80. The highest BCUT2D eigenvalue weighted by atomic mass is 35.5. The topological polar surface area (TPSA) is 41.1 Å². The van der Waals surface area contributed by atoms with Crippen molar-refractivity contribution >= 4 is 34.8 Å². The van der Waals surface area contributed by atoms with Gasteiger partial charge in [-0.15, -0.1) is 0 Å². The van der Waals surface area contributed by atoms with Gasteiger partial charge in [-0.1, -0.05) is 54.6 Å². The Labute approximate surface area is 177 Å². The van der Waals surface area contributed by atoms with Gasteiger partial charge >= 0.3 is 6.18 Å². The third-order valence-corrected chi connectivity index (χ3v) is 5.55. The van der Waals surface area contributed by atoms with E-state index < -0.39 is 17.8 Å². The molecule has 29 heavy (non-hydrogen) atoms. The van der Waals surface area contributed by atoms with E-state index in [1.807, 2.05) is 0 Å². The summed E-state index contributed by atoms with van der Waals surface area (Å²) < 4.78 is 39.2. The average molecular weight is 445 g/mol. The van der Waals surface area contributed by atoms with E-state index in [0.717, 1.165) is 44.2 Å². The molecule has 1 atom stereocenters. The number of hydrogen-bond donors (Lipinski definition) is 2. The second kappa shape index (κ2) is 9.26. The Morgan fingerprint density at radius 3 is 2.41 bits per heavy atom. The van der Waals surface area contributed by atoms with Crippen LogP contribution < -0.4 is 10.6 Å².